The van der Waals surface area contributed by atoms with Crippen molar-refractivity contribution in [2.45, 2.75) is 13.0 Å². The average molecular weight is 353 g/mol. The minimum atomic E-state index is -0.119. The van der Waals surface area contributed by atoms with E-state index in [9.17, 15) is 9.59 Å². The van der Waals surface area contributed by atoms with E-state index < -0.39 is 0 Å². The number of hydrogen-bond donors (Lipinski definition) is 2. The molecule has 0 aliphatic carbocycles. The van der Waals surface area contributed by atoms with E-state index in [0.29, 0.717) is 6.42 Å². The number of hydrogen-bond acceptors (Lipinski definition) is 3. The van der Waals surface area contributed by atoms with Gasteiger partial charge in [0.25, 0.3) is 0 Å². The van der Waals surface area contributed by atoms with Crippen LogP contribution >= 0.6 is 0 Å². The third kappa shape index (κ3) is 5.39. The van der Waals surface area contributed by atoms with Gasteiger partial charge in [0.15, 0.2) is 0 Å². The predicted octanol–water partition coefficient (Wildman–Crippen LogP) is -0.332. The largest absolute Gasteiger partial charge is 0.347 e. The van der Waals surface area contributed by atoms with Gasteiger partial charge in [-0.15, -0.1) is 0 Å². The van der Waals surface area contributed by atoms with E-state index >= 15 is 0 Å². The quantitative estimate of drug-likeness (QED) is 0.747. The molecule has 2 heterocycles. The second-order valence-corrected chi connectivity index (χ2v) is 6.60. The molecule has 1 aliphatic heterocycles. The minimum absolute atomic E-state index is 0.00521. The van der Waals surface area contributed by atoms with Crippen LogP contribution in [0.2, 0.25) is 0 Å². The van der Waals surface area contributed by atoms with Crippen LogP contribution in [0, 0.1) is 0 Å². The van der Waals surface area contributed by atoms with Crippen LogP contribution in [0.4, 0.5) is 0 Å². The van der Waals surface area contributed by atoms with E-state index in [1.807, 2.05) is 59.8 Å². The Morgan fingerprint density at radius 1 is 1.00 bits per heavy atom. The third-order valence-electron chi connectivity index (χ3n) is 4.67. The van der Waals surface area contributed by atoms with Gasteiger partial charge in [-0.2, -0.15) is 0 Å². The maximum Gasteiger partial charge on any atom is 0.242 e. The number of nitrogens with zero attached hydrogens (tertiary/aromatic N) is 2. The molecule has 0 spiro atoms. The Balaban J connectivity index is 1.37. The van der Waals surface area contributed by atoms with Crippen LogP contribution < -0.4 is 10.2 Å². The summed E-state index contributed by atoms with van der Waals surface area (Å²) in [6, 6.07) is 13.6. The Bertz CT molecular complexity index is 713. The number of carbonyl (C=O) groups is 2. The van der Waals surface area contributed by atoms with Crippen molar-refractivity contribution in [3.8, 4) is 0 Å². The van der Waals surface area contributed by atoms with Gasteiger partial charge in [0.1, 0.15) is 6.54 Å². The van der Waals surface area contributed by atoms with Crippen LogP contribution in [0.5, 0.6) is 0 Å². The number of nitrogens with one attached hydrogen (secondary N) is 2. The van der Waals surface area contributed by atoms with Crippen LogP contribution in [0.1, 0.15) is 11.1 Å². The maximum atomic E-state index is 12.3. The van der Waals surface area contributed by atoms with Gasteiger partial charge in [0.2, 0.25) is 11.8 Å². The fourth-order valence-electron chi connectivity index (χ4n) is 3.17. The van der Waals surface area contributed by atoms with Gasteiger partial charge in [-0.25, -0.2) is 0 Å². The average Bonchev–Trinajstić information content (AvgIpc) is 2.68. The molecular formula is C20H25N4O2+. The first kappa shape index (κ1) is 18.1. The highest BCUT2D eigenvalue weighted by Crippen LogP contribution is 1.99. The van der Waals surface area contributed by atoms with Crippen molar-refractivity contribution in [2.75, 3.05) is 32.7 Å². The smallest absolute Gasteiger partial charge is 0.242 e. The number of pyridine rings is 1. The van der Waals surface area contributed by atoms with Gasteiger partial charge in [-0.05, 0) is 17.7 Å². The standard InChI is InChI=1S/C20H24N4O2/c25-19(14-17-4-2-1-3-5-17)22-15-20(26)24-12-10-23(11-13-24)16-18-6-8-21-9-7-18/h1-9H,10-16H2,(H,22,25)/p+1. The molecule has 0 bridgehead atoms. The Labute approximate surface area is 153 Å². The molecule has 0 saturated carbocycles. The number of piperazine rings is 1. The number of quaternary nitrogens is 1. The van der Waals surface area contributed by atoms with Crippen molar-refractivity contribution in [3.63, 3.8) is 0 Å². The number of benzene rings is 1. The molecule has 2 amide bonds. The Kier molecular flexibility index (Phi) is 6.33. The van der Waals surface area contributed by atoms with E-state index in [0.717, 1.165) is 38.3 Å². The number of aromatic nitrogens is 1. The van der Waals surface area contributed by atoms with E-state index in [2.05, 4.69) is 10.3 Å². The van der Waals surface area contributed by atoms with Gasteiger partial charge in [-0.3, -0.25) is 14.6 Å². The normalized spacial score (nSPS) is 14.8. The van der Waals surface area contributed by atoms with E-state index in [-0.39, 0.29) is 18.4 Å². The van der Waals surface area contributed by atoms with Crippen LogP contribution in [-0.2, 0) is 22.6 Å². The summed E-state index contributed by atoms with van der Waals surface area (Å²) in [6.45, 7) is 4.34. The first-order valence-corrected chi connectivity index (χ1v) is 9.01. The number of carbonyl (C=O) groups excluding carboxylic acids is 2. The van der Waals surface area contributed by atoms with Crippen LogP contribution in [0.15, 0.2) is 54.9 Å². The molecule has 6 heteroatoms. The Morgan fingerprint density at radius 3 is 2.38 bits per heavy atom. The Morgan fingerprint density at radius 2 is 1.69 bits per heavy atom. The summed E-state index contributed by atoms with van der Waals surface area (Å²) < 4.78 is 0. The van der Waals surface area contributed by atoms with Crippen molar-refractivity contribution in [2.24, 2.45) is 0 Å². The number of amides is 2. The van der Waals surface area contributed by atoms with Crippen LogP contribution in [-0.4, -0.2) is 54.4 Å². The van der Waals surface area contributed by atoms with Gasteiger partial charge < -0.3 is 15.1 Å². The summed E-state index contributed by atoms with van der Waals surface area (Å²) in [7, 11) is 0. The molecule has 1 aliphatic rings. The summed E-state index contributed by atoms with van der Waals surface area (Å²) in [6.07, 6.45) is 3.93. The lowest BCUT2D eigenvalue weighted by Gasteiger charge is -2.32. The molecule has 2 aromatic rings. The van der Waals surface area contributed by atoms with E-state index in [1.165, 1.54) is 10.5 Å². The zero-order valence-electron chi connectivity index (χ0n) is 14.9. The van der Waals surface area contributed by atoms with Crippen LogP contribution in [0.25, 0.3) is 0 Å². The summed E-state index contributed by atoms with van der Waals surface area (Å²) >= 11 is 0. The zero-order valence-corrected chi connectivity index (χ0v) is 14.9. The zero-order chi connectivity index (χ0) is 18.2. The molecule has 136 valence electrons. The molecule has 2 N–H and O–H groups in total. The molecule has 0 unspecified atom stereocenters. The monoisotopic (exact) mass is 353 g/mol. The highest BCUT2D eigenvalue weighted by atomic mass is 16.2. The minimum Gasteiger partial charge on any atom is -0.347 e. The highest BCUT2D eigenvalue weighted by molar-refractivity contribution is 5.85. The van der Waals surface area contributed by atoms with Gasteiger partial charge in [0, 0.05) is 18.0 Å². The molecule has 1 fully saturated rings. The summed E-state index contributed by atoms with van der Waals surface area (Å²) in [4.78, 5) is 31.6. The Hall–Kier alpha value is -2.73. The molecule has 26 heavy (non-hydrogen) atoms. The van der Waals surface area contributed by atoms with Crippen molar-refractivity contribution in [3.05, 3.63) is 66.0 Å². The fourth-order valence-corrected chi connectivity index (χ4v) is 3.17. The molecule has 0 atom stereocenters. The third-order valence-corrected chi connectivity index (χ3v) is 4.67. The van der Waals surface area contributed by atoms with E-state index in [4.69, 9.17) is 0 Å². The molecule has 1 aromatic carbocycles. The van der Waals surface area contributed by atoms with Gasteiger partial charge >= 0.3 is 0 Å². The first-order chi connectivity index (χ1) is 12.7. The van der Waals surface area contributed by atoms with E-state index in [1.54, 1.807) is 0 Å². The van der Waals surface area contributed by atoms with Crippen molar-refractivity contribution >= 4 is 11.8 Å². The molecule has 0 radical (unpaired) electrons. The van der Waals surface area contributed by atoms with Crippen molar-refractivity contribution < 1.29 is 14.5 Å². The predicted molar refractivity (Wildman–Crippen MR) is 98.4 cm³/mol. The molecular weight excluding hydrogens is 328 g/mol. The lowest BCUT2D eigenvalue weighted by atomic mass is 10.1. The molecule has 6 nitrogen and oxygen atoms in total. The summed E-state index contributed by atoms with van der Waals surface area (Å²) in [5, 5.41) is 2.74. The second kappa shape index (κ2) is 9.10. The lowest BCUT2D eigenvalue weighted by Crippen LogP contribution is -3.13. The molecule has 1 aromatic heterocycles. The SMILES string of the molecule is O=C(Cc1ccccc1)NCC(=O)N1CC[NH+](Cc2ccncc2)CC1. The lowest BCUT2D eigenvalue weighted by molar-refractivity contribution is -0.917. The van der Waals surface area contributed by atoms with Crippen molar-refractivity contribution in [1.29, 1.82) is 0 Å². The second-order valence-electron chi connectivity index (χ2n) is 6.60. The van der Waals surface area contributed by atoms with Gasteiger partial charge in [0.05, 0.1) is 39.1 Å². The molecule has 3 rings (SSSR count). The number of rotatable bonds is 6. The topological polar surface area (TPSA) is 66.7 Å². The summed E-state index contributed by atoms with van der Waals surface area (Å²) in [5.74, 6) is -0.124. The van der Waals surface area contributed by atoms with Gasteiger partial charge in [-0.1, -0.05) is 30.3 Å². The first-order valence-electron chi connectivity index (χ1n) is 9.01. The van der Waals surface area contributed by atoms with Crippen molar-refractivity contribution in [1.82, 2.24) is 15.2 Å². The summed E-state index contributed by atoms with van der Waals surface area (Å²) in [5.41, 5.74) is 2.22. The molecule has 1 saturated heterocycles. The fraction of sp³-hybridized carbons (Fsp3) is 0.350. The van der Waals surface area contributed by atoms with Crippen LogP contribution in [0.3, 0.4) is 0 Å². The maximum absolute atomic E-state index is 12.3. The highest BCUT2D eigenvalue weighted by Gasteiger charge is 2.23.